The van der Waals surface area contributed by atoms with Crippen molar-refractivity contribution in [1.29, 1.82) is 0 Å². The minimum Gasteiger partial charge on any atom is -0.363 e. The number of hydrogen-bond acceptors (Lipinski definition) is 4. The SMILES string of the molecule is CCCn1cc(NC(=O)c2cc3n(n2)[C@@H](C(F)(F)F)C[C@H](c2ccccc2)N3)cn1. The second-order valence-electron chi connectivity index (χ2n) is 7.21. The Labute approximate surface area is 170 Å². The van der Waals surface area contributed by atoms with Gasteiger partial charge in [-0.2, -0.15) is 23.4 Å². The summed E-state index contributed by atoms with van der Waals surface area (Å²) in [4.78, 5) is 12.6. The maximum Gasteiger partial charge on any atom is 0.410 e. The van der Waals surface area contributed by atoms with E-state index in [1.54, 1.807) is 35.1 Å². The van der Waals surface area contributed by atoms with Crippen LogP contribution in [0.25, 0.3) is 0 Å². The molecule has 0 spiro atoms. The summed E-state index contributed by atoms with van der Waals surface area (Å²) in [7, 11) is 0. The molecule has 10 heteroatoms. The van der Waals surface area contributed by atoms with E-state index in [9.17, 15) is 18.0 Å². The summed E-state index contributed by atoms with van der Waals surface area (Å²) >= 11 is 0. The highest BCUT2D eigenvalue weighted by Gasteiger charge is 2.46. The molecule has 0 saturated carbocycles. The van der Waals surface area contributed by atoms with Crippen LogP contribution < -0.4 is 10.6 Å². The molecule has 0 aliphatic carbocycles. The highest BCUT2D eigenvalue weighted by atomic mass is 19.4. The monoisotopic (exact) mass is 418 g/mol. The topological polar surface area (TPSA) is 76.8 Å². The Balaban J connectivity index is 1.59. The van der Waals surface area contributed by atoms with Crippen molar-refractivity contribution in [3.63, 3.8) is 0 Å². The van der Waals surface area contributed by atoms with Crippen molar-refractivity contribution in [3.05, 3.63) is 60.0 Å². The van der Waals surface area contributed by atoms with Crippen molar-refractivity contribution in [2.24, 2.45) is 0 Å². The van der Waals surface area contributed by atoms with E-state index in [1.807, 2.05) is 13.0 Å². The van der Waals surface area contributed by atoms with Gasteiger partial charge >= 0.3 is 6.18 Å². The van der Waals surface area contributed by atoms with Crippen molar-refractivity contribution in [2.75, 3.05) is 10.6 Å². The highest BCUT2D eigenvalue weighted by Crippen LogP contribution is 2.43. The van der Waals surface area contributed by atoms with Crippen LogP contribution in [0.2, 0.25) is 0 Å². The third-order valence-corrected chi connectivity index (χ3v) is 4.97. The molecule has 158 valence electrons. The number of anilines is 2. The Morgan fingerprint density at radius 2 is 2.07 bits per heavy atom. The molecule has 3 aromatic rings. The fourth-order valence-corrected chi connectivity index (χ4v) is 3.56. The molecule has 7 nitrogen and oxygen atoms in total. The first-order valence-corrected chi connectivity index (χ1v) is 9.66. The number of benzene rings is 1. The van der Waals surface area contributed by atoms with Gasteiger partial charge in [-0.15, -0.1) is 0 Å². The smallest absolute Gasteiger partial charge is 0.363 e. The predicted octanol–water partition coefficient (Wildman–Crippen LogP) is 4.40. The Morgan fingerprint density at radius 3 is 2.77 bits per heavy atom. The third kappa shape index (κ3) is 4.03. The lowest BCUT2D eigenvalue weighted by Crippen LogP contribution is -2.35. The molecular weight excluding hydrogens is 397 g/mol. The number of halogens is 3. The van der Waals surface area contributed by atoms with Crippen molar-refractivity contribution in [3.8, 4) is 0 Å². The number of nitrogens with zero attached hydrogens (tertiary/aromatic N) is 4. The van der Waals surface area contributed by atoms with Crippen LogP contribution in [0.5, 0.6) is 0 Å². The quantitative estimate of drug-likeness (QED) is 0.644. The van der Waals surface area contributed by atoms with E-state index >= 15 is 0 Å². The zero-order valence-electron chi connectivity index (χ0n) is 16.2. The summed E-state index contributed by atoms with van der Waals surface area (Å²) in [6.07, 6.45) is -0.667. The molecule has 2 N–H and O–H groups in total. The summed E-state index contributed by atoms with van der Waals surface area (Å²) in [5.41, 5.74) is 1.11. The molecule has 1 amide bonds. The van der Waals surface area contributed by atoms with Crippen molar-refractivity contribution >= 4 is 17.4 Å². The van der Waals surface area contributed by atoms with Crippen molar-refractivity contribution < 1.29 is 18.0 Å². The summed E-state index contributed by atoms with van der Waals surface area (Å²) in [6, 6.07) is 7.91. The van der Waals surface area contributed by atoms with E-state index in [2.05, 4.69) is 20.8 Å². The van der Waals surface area contributed by atoms with Gasteiger partial charge < -0.3 is 10.6 Å². The Morgan fingerprint density at radius 1 is 1.30 bits per heavy atom. The van der Waals surface area contributed by atoms with E-state index in [-0.39, 0.29) is 17.9 Å². The maximum atomic E-state index is 13.7. The van der Waals surface area contributed by atoms with Gasteiger partial charge in [0.2, 0.25) is 0 Å². The Hall–Kier alpha value is -3.30. The first-order valence-electron chi connectivity index (χ1n) is 9.66. The van der Waals surface area contributed by atoms with Gasteiger partial charge in [0.1, 0.15) is 5.82 Å². The fourth-order valence-electron chi connectivity index (χ4n) is 3.56. The molecule has 0 unspecified atom stereocenters. The van der Waals surface area contributed by atoms with E-state index < -0.39 is 24.2 Å². The van der Waals surface area contributed by atoms with Crippen LogP contribution in [-0.4, -0.2) is 31.6 Å². The highest BCUT2D eigenvalue weighted by molar-refractivity contribution is 6.03. The number of hydrogen-bond donors (Lipinski definition) is 2. The number of carbonyl (C=O) groups is 1. The lowest BCUT2D eigenvalue weighted by atomic mass is 9.97. The van der Waals surface area contributed by atoms with Gasteiger partial charge in [0.05, 0.1) is 17.9 Å². The van der Waals surface area contributed by atoms with Gasteiger partial charge in [-0.05, 0) is 12.0 Å². The number of nitrogens with one attached hydrogen (secondary N) is 2. The molecule has 0 radical (unpaired) electrons. The molecule has 0 fully saturated rings. The van der Waals surface area contributed by atoms with Gasteiger partial charge in [-0.3, -0.25) is 9.48 Å². The van der Waals surface area contributed by atoms with Gasteiger partial charge in [0.15, 0.2) is 11.7 Å². The number of rotatable bonds is 5. The van der Waals surface area contributed by atoms with E-state index in [1.165, 1.54) is 12.3 Å². The second-order valence-corrected chi connectivity index (χ2v) is 7.21. The molecule has 4 rings (SSSR count). The van der Waals surface area contributed by atoms with Crippen molar-refractivity contribution in [1.82, 2.24) is 19.6 Å². The Bertz CT molecular complexity index is 1030. The number of fused-ring (bicyclic) bond motifs is 1. The maximum absolute atomic E-state index is 13.7. The van der Waals surface area contributed by atoms with Crippen LogP contribution in [0.4, 0.5) is 24.7 Å². The average Bonchev–Trinajstić information content (AvgIpc) is 3.34. The Kier molecular flexibility index (Phi) is 5.23. The standard InChI is InChI=1S/C20H21F3N6O/c1-2-8-28-12-14(11-24-28)25-19(30)16-10-18-26-15(13-6-4-3-5-7-13)9-17(20(21,22)23)29(18)27-16/h3-7,10-12,15,17,26H,2,8-9H2,1H3,(H,25,30)/t15-,17-/m1/s1. The number of aromatic nitrogens is 4. The van der Waals surface area contributed by atoms with Crippen molar-refractivity contribution in [2.45, 2.75) is 44.6 Å². The first kappa shape index (κ1) is 20.0. The normalized spacial score (nSPS) is 18.5. The largest absolute Gasteiger partial charge is 0.410 e. The van der Waals surface area contributed by atoms with E-state index in [4.69, 9.17) is 0 Å². The van der Waals surface area contributed by atoms with Crippen LogP contribution >= 0.6 is 0 Å². The second kappa shape index (κ2) is 7.85. The lowest BCUT2D eigenvalue weighted by Gasteiger charge is -2.33. The van der Waals surface area contributed by atoms with Crippen LogP contribution in [-0.2, 0) is 6.54 Å². The first-order chi connectivity index (χ1) is 14.3. The zero-order valence-corrected chi connectivity index (χ0v) is 16.2. The molecular formula is C20H21F3N6O. The zero-order chi connectivity index (χ0) is 21.3. The summed E-state index contributed by atoms with van der Waals surface area (Å²) in [5.74, 6) is -0.434. The molecule has 2 atom stereocenters. The number of amides is 1. The minimum absolute atomic E-state index is 0.0938. The van der Waals surface area contributed by atoms with Gasteiger partial charge in [0.25, 0.3) is 5.91 Å². The minimum atomic E-state index is -4.50. The average molecular weight is 418 g/mol. The van der Waals surface area contributed by atoms with Gasteiger partial charge in [0, 0.05) is 25.2 Å². The molecule has 0 bridgehead atoms. The molecule has 1 aromatic carbocycles. The molecule has 1 aliphatic heterocycles. The lowest BCUT2D eigenvalue weighted by molar-refractivity contribution is -0.173. The fraction of sp³-hybridized carbons (Fsp3) is 0.350. The summed E-state index contributed by atoms with van der Waals surface area (Å²) < 4.78 is 43.8. The van der Waals surface area contributed by atoms with E-state index in [0.29, 0.717) is 12.2 Å². The summed E-state index contributed by atoms with van der Waals surface area (Å²) in [5, 5.41) is 13.8. The van der Waals surface area contributed by atoms with Crippen LogP contribution in [0.15, 0.2) is 48.8 Å². The van der Waals surface area contributed by atoms with Crippen LogP contribution in [0, 0.1) is 0 Å². The molecule has 0 saturated heterocycles. The molecule has 3 heterocycles. The predicted molar refractivity (Wildman–Crippen MR) is 105 cm³/mol. The van der Waals surface area contributed by atoms with Crippen LogP contribution in [0.3, 0.4) is 0 Å². The third-order valence-electron chi connectivity index (χ3n) is 4.97. The number of carbonyl (C=O) groups excluding carboxylic acids is 1. The van der Waals surface area contributed by atoms with E-state index in [0.717, 1.165) is 16.7 Å². The number of alkyl halides is 3. The van der Waals surface area contributed by atoms with Crippen LogP contribution in [0.1, 0.15) is 47.9 Å². The molecule has 1 aliphatic rings. The van der Waals surface area contributed by atoms with Gasteiger partial charge in [-0.1, -0.05) is 37.3 Å². The van der Waals surface area contributed by atoms with Gasteiger partial charge in [-0.25, -0.2) is 4.68 Å². The number of aryl methyl sites for hydroxylation is 1. The molecule has 30 heavy (non-hydrogen) atoms. The molecule has 2 aromatic heterocycles. The summed E-state index contributed by atoms with van der Waals surface area (Å²) in [6.45, 7) is 2.70.